The lowest BCUT2D eigenvalue weighted by Crippen LogP contribution is -2.15. The summed E-state index contributed by atoms with van der Waals surface area (Å²) >= 11 is 4.75. The van der Waals surface area contributed by atoms with Gasteiger partial charge in [-0.25, -0.2) is 0 Å². The van der Waals surface area contributed by atoms with E-state index in [4.69, 9.17) is 12.2 Å². The fourth-order valence-corrected chi connectivity index (χ4v) is 0.714. The van der Waals surface area contributed by atoms with Crippen molar-refractivity contribution < 1.29 is 0 Å². The predicted molar refractivity (Wildman–Crippen MR) is 48.9 cm³/mol. The highest BCUT2D eigenvalue weighted by Crippen LogP contribution is 1.96. The number of nitrogens with zero attached hydrogens (tertiary/aromatic N) is 2. The molecule has 0 aliphatic rings. The van der Waals surface area contributed by atoms with Crippen molar-refractivity contribution in [1.82, 2.24) is 9.80 Å². The van der Waals surface area contributed by atoms with Crippen LogP contribution in [0.5, 0.6) is 0 Å². The minimum atomic E-state index is 1.14. The van der Waals surface area contributed by atoms with Crippen LogP contribution < -0.4 is 0 Å². The van der Waals surface area contributed by atoms with E-state index in [0.717, 1.165) is 5.70 Å². The molecule has 0 radical (unpaired) electrons. The molecule has 0 aliphatic carbocycles. The molecule has 0 rings (SSSR count). The van der Waals surface area contributed by atoms with Gasteiger partial charge in [0.25, 0.3) is 0 Å². The molecule has 0 aromatic rings. The van der Waals surface area contributed by atoms with E-state index in [-0.39, 0.29) is 0 Å². The van der Waals surface area contributed by atoms with E-state index < -0.39 is 0 Å². The van der Waals surface area contributed by atoms with Crippen LogP contribution >= 0.6 is 12.2 Å². The molecule has 0 aromatic carbocycles. The van der Waals surface area contributed by atoms with E-state index in [0.29, 0.717) is 0 Å². The van der Waals surface area contributed by atoms with E-state index in [1.807, 2.05) is 44.1 Å². The molecule has 0 aliphatic heterocycles. The number of rotatable bonds is 3. The predicted octanol–water partition coefficient (Wildman–Crippen LogP) is 1.30. The molecule has 0 amide bonds. The maximum atomic E-state index is 4.75. The van der Waals surface area contributed by atoms with Gasteiger partial charge in [0.2, 0.25) is 0 Å². The Morgan fingerprint density at radius 2 is 1.80 bits per heavy atom. The lowest BCUT2D eigenvalue weighted by atomic mass is 10.5. The second-order valence-electron chi connectivity index (χ2n) is 2.45. The van der Waals surface area contributed by atoms with Crippen LogP contribution in [0, 0.1) is 0 Å². The van der Waals surface area contributed by atoms with Gasteiger partial charge in [-0.3, -0.25) is 0 Å². The molecular weight excluding hydrogens is 144 g/mol. The zero-order valence-corrected chi connectivity index (χ0v) is 7.77. The molecule has 0 saturated heterocycles. The molecule has 2 nitrogen and oxygen atoms in total. The van der Waals surface area contributed by atoms with Crippen molar-refractivity contribution in [2.45, 2.75) is 6.92 Å². The van der Waals surface area contributed by atoms with Crippen LogP contribution in [-0.4, -0.2) is 36.4 Å². The monoisotopic (exact) mass is 158 g/mol. The minimum Gasteiger partial charge on any atom is -0.382 e. The van der Waals surface area contributed by atoms with Gasteiger partial charge in [0.1, 0.15) is 0 Å². The fraction of sp³-hybridized carbons (Fsp3) is 0.571. The van der Waals surface area contributed by atoms with Crippen molar-refractivity contribution in [2.75, 3.05) is 21.1 Å². The summed E-state index contributed by atoms with van der Waals surface area (Å²) in [6, 6.07) is 0. The molecule has 0 bridgehead atoms. The van der Waals surface area contributed by atoms with Gasteiger partial charge < -0.3 is 9.80 Å². The molecule has 0 N–H and O–H groups in total. The van der Waals surface area contributed by atoms with Crippen LogP contribution in [0.3, 0.4) is 0 Å². The van der Waals surface area contributed by atoms with Gasteiger partial charge in [0.15, 0.2) is 0 Å². The number of hydrogen-bond acceptors (Lipinski definition) is 2. The highest BCUT2D eigenvalue weighted by Gasteiger charge is 1.92. The second-order valence-corrected chi connectivity index (χ2v) is 2.66. The van der Waals surface area contributed by atoms with Crippen molar-refractivity contribution >= 4 is 17.7 Å². The average Bonchev–Trinajstić information content (AvgIpc) is 1.85. The summed E-state index contributed by atoms with van der Waals surface area (Å²) < 4.78 is 0. The Kier molecular flexibility index (Phi) is 4.03. The Morgan fingerprint density at radius 3 is 2.10 bits per heavy atom. The van der Waals surface area contributed by atoms with E-state index in [1.54, 1.807) is 5.49 Å². The Labute approximate surface area is 68.1 Å². The summed E-state index contributed by atoms with van der Waals surface area (Å²) in [6.45, 7) is 2.02. The quantitative estimate of drug-likeness (QED) is 0.572. The Morgan fingerprint density at radius 1 is 1.30 bits per heavy atom. The molecular formula is C7H14N2S. The topological polar surface area (TPSA) is 6.48 Å². The number of thiocarbonyl (C=S) groups is 1. The maximum absolute atomic E-state index is 4.75. The van der Waals surface area contributed by atoms with Gasteiger partial charge in [-0.1, -0.05) is 12.2 Å². The van der Waals surface area contributed by atoms with Gasteiger partial charge >= 0.3 is 0 Å². The van der Waals surface area contributed by atoms with Crippen LogP contribution in [-0.2, 0) is 0 Å². The van der Waals surface area contributed by atoms with Gasteiger partial charge in [0, 0.05) is 33.0 Å². The molecule has 58 valence electrons. The molecule has 0 unspecified atom stereocenters. The van der Waals surface area contributed by atoms with Crippen molar-refractivity contribution in [2.24, 2.45) is 0 Å². The zero-order chi connectivity index (χ0) is 8.15. The highest BCUT2D eigenvalue weighted by atomic mass is 32.1. The van der Waals surface area contributed by atoms with Crippen molar-refractivity contribution in [3.63, 3.8) is 0 Å². The molecule has 0 atom stereocenters. The van der Waals surface area contributed by atoms with Crippen LogP contribution in [0.1, 0.15) is 6.92 Å². The summed E-state index contributed by atoms with van der Waals surface area (Å²) in [5, 5.41) is 0. The number of hydrogen-bond donors (Lipinski definition) is 0. The first-order chi connectivity index (χ1) is 4.57. The maximum Gasteiger partial charge on any atom is 0.0680 e. The van der Waals surface area contributed by atoms with Crippen molar-refractivity contribution in [1.29, 1.82) is 0 Å². The van der Waals surface area contributed by atoms with Gasteiger partial charge in [-0.15, -0.1) is 0 Å². The van der Waals surface area contributed by atoms with Crippen LogP contribution in [0.25, 0.3) is 0 Å². The Balaban J connectivity index is 4.04. The van der Waals surface area contributed by atoms with Crippen molar-refractivity contribution in [3.8, 4) is 0 Å². The average molecular weight is 158 g/mol. The summed E-state index contributed by atoms with van der Waals surface area (Å²) in [6.07, 6.45) is 2.02. The molecule has 0 aromatic heterocycles. The third kappa shape index (κ3) is 3.45. The Bertz CT molecular complexity index is 141. The first-order valence-corrected chi connectivity index (χ1v) is 3.58. The Hall–Kier alpha value is -0.570. The summed E-state index contributed by atoms with van der Waals surface area (Å²) in [5.41, 5.74) is 2.76. The smallest absolute Gasteiger partial charge is 0.0680 e. The number of allylic oxidation sites excluding steroid dienone is 1. The van der Waals surface area contributed by atoms with Crippen LogP contribution in [0.15, 0.2) is 11.9 Å². The summed E-state index contributed by atoms with van der Waals surface area (Å²) in [5.74, 6) is 0. The van der Waals surface area contributed by atoms with Gasteiger partial charge in [-0.2, -0.15) is 0 Å². The summed E-state index contributed by atoms with van der Waals surface area (Å²) in [7, 11) is 5.91. The molecule has 0 saturated carbocycles. The SMILES string of the molecule is C/C(=C/N(C)C)N(C)C=S. The first-order valence-electron chi connectivity index (χ1n) is 3.11. The third-order valence-corrected chi connectivity index (χ3v) is 1.48. The van der Waals surface area contributed by atoms with E-state index in [9.17, 15) is 0 Å². The van der Waals surface area contributed by atoms with Gasteiger partial charge in [0.05, 0.1) is 5.49 Å². The lowest BCUT2D eigenvalue weighted by Gasteiger charge is -2.15. The van der Waals surface area contributed by atoms with Crippen LogP contribution in [0.4, 0.5) is 0 Å². The minimum absolute atomic E-state index is 1.14. The standard InChI is InChI=1S/C7H14N2S/c1-7(5-8(2)3)9(4)6-10/h5-6H,1-4H3/b7-5-. The zero-order valence-electron chi connectivity index (χ0n) is 6.96. The van der Waals surface area contributed by atoms with E-state index >= 15 is 0 Å². The lowest BCUT2D eigenvalue weighted by molar-refractivity contribution is 0.529. The second kappa shape index (κ2) is 4.28. The van der Waals surface area contributed by atoms with E-state index in [1.165, 1.54) is 0 Å². The van der Waals surface area contributed by atoms with Crippen LogP contribution in [0.2, 0.25) is 0 Å². The molecule has 10 heavy (non-hydrogen) atoms. The van der Waals surface area contributed by atoms with Gasteiger partial charge in [-0.05, 0) is 6.92 Å². The van der Waals surface area contributed by atoms with E-state index in [2.05, 4.69) is 0 Å². The van der Waals surface area contributed by atoms with Crippen molar-refractivity contribution in [3.05, 3.63) is 11.9 Å². The molecule has 0 spiro atoms. The normalized spacial score (nSPS) is 11.0. The highest BCUT2D eigenvalue weighted by molar-refractivity contribution is 7.78. The largest absolute Gasteiger partial charge is 0.382 e. The molecule has 0 heterocycles. The summed E-state index contributed by atoms with van der Waals surface area (Å²) in [4.78, 5) is 3.89. The first kappa shape index (κ1) is 9.43. The molecule has 0 fully saturated rings. The molecule has 3 heteroatoms. The fourth-order valence-electron chi connectivity index (χ4n) is 0.548. The third-order valence-electron chi connectivity index (χ3n) is 1.16.